The predicted octanol–water partition coefficient (Wildman–Crippen LogP) is 2.66. The lowest BCUT2D eigenvalue weighted by Gasteiger charge is -2.08. The van der Waals surface area contributed by atoms with Gasteiger partial charge >= 0.3 is 0 Å². The number of hydrogen-bond donors (Lipinski definition) is 1. The number of hydrogen-bond acceptors (Lipinski definition) is 1. The van der Waals surface area contributed by atoms with Gasteiger partial charge in [0.25, 0.3) is 0 Å². The Morgan fingerprint density at radius 3 is 2.73 bits per heavy atom. The van der Waals surface area contributed by atoms with Gasteiger partial charge in [-0.05, 0) is 43.4 Å². The van der Waals surface area contributed by atoms with E-state index in [9.17, 15) is 4.79 Å². The van der Waals surface area contributed by atoms with Gasteiger partial charge in [0.05, 0.1) is 0 Å². The minimum absolute atomic E-state index is 0.355. The molecule has 0 spiro atoms. The van der Waals surface area contributed by atoms with Crippen LogP contribution in [0.5, 0.6) is 0 Å². The fourth-order valence-electron chi connectivity index (χ4n) is 1.63. The molecule has 0 radical (unpaired) electrons. The van der Waals surface area contributed by atoms with Crippen molar-refractivity contribution >= 4 is 17.5 Å². The monoisotopic (exact) mass is 225 g/mol. The van der Waals surface area contributed by atoms with Crippen LogP contribution in [0.15, 0.2) is 18.2 Å². The van der Waals surface area contributed by atoms with Gasteiger partial charge in [0.2, 0.25) is 5.91 Å². The van der Waals surface area contributed by atoms with E-state index in [1.54, 1.807) is 6.07 Å². The highest BCUT2D eigenvalue weighted by Gasteiger charge is 2.07. The Hall–Kier alpha value is -1.02. The number of benzene rings is 1. The summed E-state index contributed by atoms with van der Waals surface area (Å²) in [6, 6.07) is 5.68. The molecule has 1 rings (SSSR count). The maximum absolute atomic E-state index is 11.1. The van der Waals surface area contributed by atoms with Crippen LogP contribution in [0, 0.1) is 6.92 Å². The second-order valence-corrected chi connectivity index (χ2v) is 3.98. The largest absolute Gasteiger partial charge is 0.366 e. The third kappa shape index (κ3) is 3.24. The molecule has 0 aliphatic carbocycles. The average molecular weight is 226 g/mol. The normalized spacial score (nSPS) is 10.3. The van der Waals surface area contributed by atoms with Gasteiger partial charge in [0, 0.05) is 11.4 Å². The fraction of sp³-hybridized carbons (Fsp3) is 0.417. The van der Waals surface area contributed by atoms with Crippen LogP contribution in [0.2, 0.25) is 0 Å². The number of rotatable bonds is 5. The summed E-state index contributed by atoms with van der Waals surface area (Å²) < 4.78 is 0. The lowest BCUT2D eigenvalue weighted by molar-refractivity contribution is 0.0999. The molecular weight excluding hydrogens is 210 g/mol. The summed E-state index contributed by atoms with van der Waals surface area (Å²) in [5, 5.41) is 0. The fourth-order valence-corrected chi connectivity index (χ4v) is 1.82. The van der Waals surface area contributed by atoms with Crippen molar-refractivity contribution in [2.45, 2.75) is 26.2 Å². The minimum atomic E-state index is -0.355. The lowest BCUT2D eigenvalue weighted by Crippen LogP contribution is -2.13. The maximum atomic E-state index is 11.1. The molecule has 0 saturated carbocycles. The zero-order valence-corrected chi connectivity index (χ0v) is 9.68. The molecule has 15 heavy (non-hydrogen) atoms. The third-order valence-electron chi connectivity index (χ3n) is 2.54. The number of unbranched alkanes of at least 4 members (excludes halogenated alkanes) is 1. The Morgan fingerprint density at radius 2 is 2.13 bits per heavy atom. The Bertz CT molecular complexity index is 349. The van der Waals surface area contributed by atoms with E-state index in [0.717, 1.165) is 24.8 Å². The molecule has 0 unspecified atom stereocenters. The number of carbonyl (C=O) groups excluding carboxylic acids is 1. The summed E-state index contributed by atoms with van der Waals surface area (Å²) in [4.78, 5) is 11.1. The molecule has 82 valence electrons. The SMILES string of the molecule is Cc1c(CCCCCl)cccc1C(N)=O. The second kappa shape index (κ2) is 5.76. The topological polar surface area (TPSA) is 43.1 Å². The molecule has 0 atom stereocenters. The van der Waals surface area contributed by atoms with Crippen molar-refractivity contribution in [3.63, 3.8) is 0 Å². The first-order valence-electron chi connectivity index (χ1n) is 5.11. The second-order valence-electron chi connectivity index (χ2n) is 3.60. The van der Waals surface area contributed by atoms with Gasteiger partial charge in [-0.25, -0.2) is 0 Å². The van der Waals surface area contributed by atoms with E-state index in [0.29, 0.717) is 11.4 Å². The molecule has 0 fully saturated rings. The van der Waals surface area contributed by atoms with Crippen molar-refractivity contribution in [1.29, 1.82) is 0 Å². The van der Waals surface area contributed by atoms with Gasteiger partial charge in [-0.1, -0.05) is 12.1 Å². The van der Waals surface area contributed by atoms with Crippen molar-refractivity contribution in [3.8, 4) is 0 Å². The average Bonchev–Trinajstić information content (AvgIpc) is 2.20. The van der Waals surface area contributed by atoms with E-state index < -0.39 is 0 Å². The zero-order chi connectivity index (χ0) is 11.3. The highest BCUT2D eigenvalue weighted by molar-refractivity contribution is 6.17. The highest BCUT2D eigenvalue weighted by Crippen LogP contribution is 2.15. The molecule has 2 nitrogen and oxygen atoms in total. The highest BCUT2D eigenvalue weighted by atomic mass is 35.5. The van der Waals surface area contributed by atoms with Gasteiger partial charge in [0.15, 0.2) is 0 Å². The van der Waals surface area contributed by atoms with E-state index >= 15 is 0 Å². The van der Waals surface area contributed by atoms with Crippen LogP contribution < -0.4 is 5.73 Å². The van der Waals surface area contributed by atoms with E-state index in [4.69, 9.17) is 17.3 Å². The first kappa shape index (κ1) is 12.1. The van der Waals surface area contributed by atoms with Crippen LogP contribution in [0.25, 0.3) is 0 Å². The van der Waals surface area contributed by atoms with Crippen LogP contribution in [0.1, 0.15) is 34.3 Å². The number of primary amides is 1. The molecule has 0 heterocycles. The molecular formula is C12H16ClNO. The summed E-state index contributed by atoms with van der Waals surface area (Å²) in [6.45, 7) is 1.94. The van der Waals surface area contributed by atoms with Gasteiger partial charge in [0.1, 0.15) is 0 Å². The summed E-state index contributed by atoms with van der Waals surface area (Å²) in [5.74, 6) is 0.334. The number of amides is 1. The molecule has 2 N–H and O–H groups in total. The van der Waals surface area contributed by atoms with Crippen molar-refractivity contribution in [2.24, 2.45) is 5.73 Å². The van der Waals surface area contributed by atoms with Gasteiger partial charge in [-0.15, -0.1) is 11.6 Å². The van der Waals surface area contributed by atoms with E-state index in [1.165, 1.54) is 5.56 Å². The predicted molar refractivity (Wildman–Crippen MR) is 63.4 cm³/mol. The molecule has 0 aromatic heterocycles. The quantitative estimate of drug-likeness (QED) is 0.608. The Labute approximate surface area is 95.4 Å². The van der Waals surface area contributed by atoms with Crippen LogP contribution in [-0.4, -0.2) is 11.8 Å². The number of nitrogens with two attached hydrogens (primary N) is 1. The molecule has 1 aromatic carbocycles. The van der Waals surface area contributed by atoms with E-state index in [1.807, 2.05) is 19.1 Å². The molecule has 0 aliphatic heterocycles. The van der Waals surface area contributed by atoms with Crippen molar-refractivity contribution in [3.05, 3.63) is 34.9 Å². The van der Waals surface area contributed by atoms with E-state index in [-0.39, 0.29) is 5.91 Å². The first-order valence-corrected chi connectivity index (χ1v) is 5.64. The lowest BCUT2D eigenvalue weighted by atomic mass is 9.98. The minimum Gasteiger partial charge on any atom is -0.366 e. The summed E-state index contributed by atoms with van der Waals surface area (Å²) in [5.41, 5.74) is 8.09. The van der Waals surface area contributed by atoms with E-state index in [2.05, 4.69) is 0 Å². The Kier molecular flexibility index (Phi) is 4.63. The smallest absolute Gasteiger partial charge is 0.248 e. The number of halogens is 1. The zero-order valence-electron chi connectivity index (χ0n) is 8.92. The number of aryl methyl sites for hydroxylation is 1. The Morgan fingerprint density at radius 1 is 1.40 bits per heavy atom. The van der Waals surface area contributed by atoms with Gasteiger partial charge in [-0.2, -0.15) is 0 Å². The molecule has 0 bridgehead atoms. The van der Waals surface area contributed by atoms with Crippen molar-refractivity contribution in [2.75, 3.05) is 5.88 Å². The Balaban J connectivity index is 2.80. The number of alkyl halides is 1. The molecule has 0 aliphatic rings. The first-order chi connectivity index (χ1) is 7.16. The molecule has 3 heteroatoms. The van der Waals surface area contributed by atoms with Crippen LogP contribution in [0.4, 0.5) is 0 Å². The van der Waals surface area contributed by atoms with Crippen LogP contribution >= 0.6 is 11.6 Å². The molecule has 1 aromatic rings. The summed E-state index contributed by atoms with van der Waals surface area (Å²) in [7, 11) is 0. The summed E-state index contributed by atoms with van der Waals surface area (Å²) in [6.07, 6.45) is 3.01. The molecule has 1 amide bonds. The maximum Gasteiger partial charge on any atom is 0.248 e. The number of carbonyl (C=O) groups is 1. The summed E-state index contributed by atoms with van der Waals surface area (Å²) >= 11 is 5.62. The molecule has 0 saturated heterocycles. The van der Waals surface area contributed by atoms with Gasteiger partial charge < -0.3 is 5.73 Å². The van der Waals surface area contributed by atoms with Crippen molar-refractivity contribution in [1.82, 2.24) is 0 Å². The third-order valence-corrected chi connectivity index (χ3v) is 2.81. The van der Waals surface area contributed by atoms with Crippen LogP contribution in [-0.2, 0) is 6.42 Å². The van der Waals surface area contributed by atoms with Crippen molar-refractivity contribution < 1.29 is 4.79 Å². The van der Waals surface area contributed by atoms with Crippen LogP contribution in [0.3, 0.4) is 0 Å². The van der Waals surface area contributed by atoms with Gasteiger partial charge in [-0.3, -0.25) is 4.79 Å². The standard InChI is InChI=1S/C12H16ClNO/c1-9-10(5-2-3-8-13)6-4-7-11(9)12(14)15/h4,6-7H,2-3,5,8H2,1H3,(H2,14,15).